The molecule has 0 spiro atoms. The predicted octanol–water partition coefficient (Wildman–Crippen LogP) is 9.84. The highest BCUT2D eigenvalue weighted by Gasteiger charge is 2.04. The Labute approximate surface area is 214 Å². The summed E-state index contributed by atoms with van der Waals surface area (Å²) in [4.78, 5) is 20.7. The Kier molecular flexibility index (Phi) is 45.6. The summed E-state index contributed by atoms with van der Waals surface area (Å²) in [5.74, 6) is -0.232. The van der Waals surface area contributed by atoms with Gasteiger partial charge in [-0.1, -0.05) is 118 Å². The van der Waals surface area contributed by atoms with Gasteiger partial charge in [0.2, 0.25) is 0 Å². The second-order valence-electron chi connectivity index (χ2n) is 8.30. The number of ether oxygens (including phenoxy) is 2. The Morgan fingerprint density at radius 2 is 1.00 bits per heavy atom. The standard InChI is InChI=1S/C17H34.C6H12O2.C5H10O2.C2H6/c1-3-5-7-9-11-13-15-17-16-14-12-10-8-6-4-2;1-4-8-6(7)5(2)3;1-3-5(6)7-4-2;1-2/h15,17H,3-14,16H2,1-2H3;5H,4H2,1-3H3;3-4H2,1-2H3;1-2H3. The molecule has 0 aromatic rings. The Bertz CT molecular complexity index is 403. The number of carbonyl (C=O) groups excluding carboxylic acids is 2. The Balaban J connectivity index is -0.000000220. The topological polar surface area (TPSA) is 52.6 Å². The summed E-state index contributed by atoms with van der Waals surface area (Å²) in [5.41, 5.74) is 0. The van der Waals surface area contributed by atoms with Gasteiger partial charge in [0.25, 0.3) is 0 Å². The highest BCUT2D eigenvalue weighted by atomic mass is 16.5. The molecule has 0 aromatic carbocycles. The summed E-state index contributed by atoms with van der Waals surface area (Å²) in [5, 5.41) is 0. The normalized spacial score (nSPS) is 9.82. The van der Waals surface area contributed by atoms with Crippen molar-refractivity contribution in [2.75, 3.05) is 13.2 Å². The summed E-state index contributed by atoms with van der Waals surface area (Å²) in [7, 11) is 0. The fraction of sp³-hybridized carbons (Fsp3) is 0.867. The maximum Gasteiger partial charge on any atom is 0.308 e. The van der Waals surface area contributed by atoms with Gasteiger partial charge in [-0.25, -0.2) is 0 Å². The summed E-state index contributed by atoms with van der Waals surface area (Å²) in [6.07, 6.45) is 23.4. The van der Waals surface area contributed by atoms with Gasteiger partial charge < -0.3 is 9.47 Å². The van der Waals surface area contributed by atoms with Crippen LogP contribution in [0.15, 0.2) is 12.2 Å². The molecule has 0 radical (unpaired) electrons. The van der Waals surface area contributed by atoms with Crippen molar-refractivity contribution in [3.05, 3.63) is 12.2 Å². The number of esters is 2. The molecular formula is C30H62O4. The van der Waals surface area contributed by atoms with Crippen LogP contribution >= 0.6 is 0 Å². The van der Waals surface area contributed by atoms with E-state index < -0.39 is 0 Å². The van der Waals surface area contributed by atoms with Crippen molar-refractivity contribution in [1.29, 1.82) is 0 Å². The molecule has 0 aliphatic heterocycles. The fourth-order valence-corrected chi connectivity index (χ4v) is 2.72. The minimum Gasteiger partial charge on any atom is -0.466 e. The zero-order chi connectivity index (χ0) is 26.9. The molecule has 0 N–H and O–H groups in total. The van der Waals surface area contributed by atoms with E-state index in [9.17, 15) is 9.59 Å². The van der Waals surface area contributed by atoms with E-state index in [4.69, 9.17) is 0 Å². The van der Waals surface area contributed by atoms with Crippen LogP contribution in [0.25, 0.3) is 0 Å². The van der Waals surface area contributed by atoms with E-state index in [1.165, 1.54) is 83.5 Å². The molecule has 0 atom stereocenters. The van der Waals surface area contributed by atoms with Gasteiger partial charge in [-0.05, 0) is 39.5 Å². The summed E-state index contributed by atoms with van der Waals surface area (Å²) in [6, 6.07) is 0. The van der Waals surface area contributed by atoms with E-state index in [0.29, 0.717) is 19.6 Å². The fourth-order valence-electron chi connectivity index (χ4n) is 2.72. The van der Waals surface area contributed by atoms with Crippen LogP contribution in [0.3, 0.4) is 0 Å². The van der Waals surface area contributed by atoms with Crippen LogP contribution in [-0.4, -0.2) is 25.2 Å². The minimum absolute atomic E-state index is 0.00921. The van der Waals surface area contributed by atoms with Gasteiger partial charge in [0.05, 0.1) is 19.1 Å². The lowest BCUT2D eigenvalue weighted by Crippen LogP contribution is -2.10. The van der Waals surface area contributed by atoms with Gasteiger partial charge in [0.1, 0.15) is 0 Å². The highest BCUT2D eigenvalue weighted by Crippen LogP contribution is 2.09. The first-order valence-electron chi connectivity index (χ1n) is 14.4. The molecule has 0 fully saturated rings. The maximum absolute atomic E-state index is 10.5. The van der Waals surface area contributed by atoms with Crippen LogP contribution in [0.2, 0.25) is 0 Å². The molecule has 0 aromatic heterocycles. The smallest absolute Gasteiger partial charge is 0.308 e. The number of unbranched alkanes of at least 4 members (excludes halogenated alkanes) is 11. The number of hydrogen-bond donors (Lipinski definition) is 0. The largest absolute Gasteiger partial charge is 0.466 e. The molecule has 0 heterocycles. The van der Waals surface area contributed by atoms with Crippen LogP contribution in [0.5, 0.6) is 0 Å². The number of allylic oxidation sites excluding steroid dienone is 2. The van der Waals surface area contributed by atoms with Crippen LogP contribution in [0, 0.1) is 5.92 Å². The lowest BCUT2D eigenvalue weighted by molar-refractivity contribution is -0.146. The number of hydrogen-bond acceptors (Lipinski definition) is 4. The summed E-state index contributed by atoms with van der Waals surface area (Å²) >= 11 is 0. The monoisotopic (exact) mass is 486 g/mol. The molecule has 0 aliphatic carbocycles. The molecule has 0 bridgehead atoms. The van der Waals surface area contributed by atoms with E-state index >= 15 is 0 Å². The third-order valence-corrected chi connectivity index (χ3v) is 4.72. The minimum atomic E-state index is -0.123. The maximum atomic E-state index is 10.5. The Morgan fingerprint density at radius 3 is 1.26 bits per heavy atom. The SMILES string of the molecule is CC.CCCCCCCC=CCCCCCCCC.CCOC(=O)C(C)C.CCOC(=O)CC. The predicted molar refractivity (Wildman–Crippen MR) is 150 cm³/mol. The van der Waals surface area contributed by atoms with Gasteiger partial charge in [-0.15, -0.1) is 0 Å². The average Bonchev–Trinajstić information content (AvgIpc) is 2.84. The average molecular weight is 487 g/mol. The Morgan fingerprint density at radius 1 is 0.618 bits per heavy atom. The molecule has 0 saturated carbocycles. The first kappa shape index (κ1) is 39.9. The lowest BCUT2D eigenvalue weighted by Gasteiger charge is -2.01. The molecule has 206 valence electrons. The van der Waals surface area contributed by atoms with E-state index in [1.807, 2.05) is 27.7 Å². The van der Waals surface area contributed by atoms with E-state index in [0.717, 1.165) is 0 Å². The van der Waals surface area contributed by atoms with Crippen molar-refractivity contribution in [2.24, 2.45) is 5.92 Å². The van der Waals surface area contributed by atoms with E-state index in [1.54, 1.807) is 20.8 Å². The molecule has 0 saturated heterocycles. The third kappa shape index (κ3) is 44.4. The zero-order valence-corrected chi connectivity index (χ0v) is 24.7. The van der Waals surface area contributed by atoms with Crippen molar-refractivity contribution in [1.82, 2.24) is 0 Å². The molecule has 0 unspecified atom stereocenters. The summed E-state index contributed by atoms with van der Waals surface area (Å²) < 4.78 is 9.22. The summed E-state index contributed by atoms with van der Waals surface area (Å²) in [6.45, 7) is 18.6. The first-order chi connectivity index (χ1) is 16.4. The third-order valence-electron chi connectivity index (χ3n) is 4.72. The Hall–Kier alpha value is -1.32. The van der Waals surface area contributed by atoms with Crippen LogP contribution in [-0.2, 0) is 19.1 Å². The molecule has 0 rings (SSSR count). The van der Waals surface area contributed by atoms with Gasteiger partial charge in [-0.3, -0.25) is 9.59 Å². The molecule has 34 heavy (non-hydrogen) atoms. The van der Waals surface area contributed by atoms with Crippen molar-refractivity contribution in [3.63, 3.8) is 0 Å². The molecule has 0 amide bonds. The molecule has 0 aliphatic rings. The number of rotatable bonds is 17. The van der Waals surface area contributed by atoms with Gasteiger partial charge in [-0.2, -0.15) is 0 Å². The van der Waals surface area contributed by atoms with Gasteiger partial charge in [0, 0.05) is 6.42 Å². The van der Waals surface area contributed by atoms with E-state index in [-0.39, 0.29) is 17.9 Å². The van der Waals surface area contributed by atoms with Gasteiger partial charge >= 0.3 is 11.9 Å². The van der Waals surface area contributed by atoms with Gasteiger partial charge in [0.15, 0.2) is 0 Å². The van der Waals surface area contributed by atoms with Crippen LogP contribution in [0.4, 0.5) is 0 Å². The quantitative estimate of drug-likeness (QED) is 0.117. The molecule has 4 nitrogen and oxygen atoms in total. The molecular weight excluding hydrogens is 424 g/mol. The van der Waals surface area contributed by atoms with Crippen molar-refractivity contribution in [3.8, 4) is 0 Å². The number of carbonyl (C=O) groups is 2. The highest BCUT2D eigenvalue weighted by molar-refractivity contribution is 5.71. The first-order valence-corrected chi connectivity index (χ1v) is 14.4. The second kappa shape index (κ2) is 38.9. The molecule has 4 heteroatoms. The lowest BCUT2D eigenvalue weighted by atomic mass is 10.1. The van der Waals surface area contributed by atoms with Crippen LogP contribution < -0.4 is 0 Å². The van der Waals surface area contributed by atoms with E-state index in [2.05, 4.69) is 35.5 Å². The van der Waals surface area contributed by atoms with Crippen LogP contribution in [0.1, 0.15) is 152 Å². The zero-order valence-electron chi connectivity index (χ0n) is 24.7. The van der Waals surface area contributed by atoms with Crippen molar-refractivity contribution < 1.29 is 19.1 Å². The van der Waals surface area contributed by atoms with Crippen molar-refractivity contribution in [2.45, 2.75) is 152 Å². The second-order valence-corrected chi connectivity index (χ2v) is 8.30. The van der Waals surface area contributed by atoms with Crippen molar-refractivity contribution >= 4 is 11.9 Å².